The highest BCUT2D eigenvalue weighted by atomic mass is 15.1. The molecule has 0 aliphatic heterocycles. The van der Waals surface area contributed by atoms with Crippen LogP contribution in [0.15, 0.2) is 42.9 Å². The topological polar surface area (TPSA) is 54.5 Å². The molecular weight excluding hydrogens is 188 g/mol. The number of aromatic nitrogens is 4. The van der Waals surface area contributed by atoms with Crippen LogP contribution in [0.2, 0.25) is 0 Å². The maximum atomic E-state index is 4.23. The number of aromatic amines is 1. The fourth-order valence-corrected chi connectivity index (χ4v) is 1.60. The van der Waals surface area contributed by atoms with Crippen LogP contribution in [-0.4, -0.2) is 20.2 Å². The number of benzene rings is 1. The minimum Gasteiger partial charge on any atom is -0.278 e. The van der Waals surface area contributed by atoms with Crippen molar-refractivity contribution in [1.82, 2.24) is 20.2 Å². The van der Waals surface area contributed by atoms with Crippen LogP contribution in [-0.2, 0) is 0 Å². The quantitative estimate of drug-likeness (QED) is 0.647. The van der Waals surface area contributed by atoms with Gasteiger partial charge in [0, 0.05) is 23.3 Å². The number of nitrogens with zero attached hydrogens (tertiary/aromatic N) is 3. The highest BCUT2D eigenvalue weighted by molar-refractivity contribution is 5.92. The Morgan fingerprint density at radius 1 is 1.00 bits per heavy atom. The van der Waals surface area contributed by atoms with Gasteiger partial charge in [-0.25, -0.2) is 9.97 Å². The molecule has 0 aliphatic carbocycles. The predicted molar refractivity (Wildman–Crippen MR) is 57.1 cm³/mol. The van der Waals surface area contributed by atoms with E-state index in [1.54, 1.807) is 24.7 Å². The lowest BCUT2D eigenvalue weighted by molar-refractivity contribution is 1.12. The molecule has 0 saturated heterocycles. The number of rotatable bonds is 1. The Morgan fingerprint density at radius 2 is 1.87 bits per heavy atom. The number of hydrogen-bond donors (Lipinski definition) is 1. The van der Waals surface area contributed by atoms with Crippen molar-refractivity contribution in [3.8, 4) is 11.4 Å². The molecule has 1 N–H and O–H groups in total. The average molecular weight is 196 g/mol. The Bertz CT molecular complexity index is 586. The summed E-state index contributed by atoms with van der Waals surface area (Å²) in [7, 11) is 0. The Kier molecular flexibility index (Phi) is 1.71. The number of H-pyrrole nitrogens is 1. The van der Waals surface area contributed by atoms with E-state index in [-0.39, 0.29) is 0 Å². The van der Waals surface area contributed by atoms with Crippen molar-refractivity contribution in [2.45, 2.75) is 0 Å². The van der Waals surface area contributed by atoms with E-state index >= 15 is 0 Å². The SMILES string of the molecule is c1cnc(-c2cccc3[nH]ncc23)nc1. The van der Waals surface area contributed by atoms with Gasteiger partial charge in [0.15, 0.2) is 5.82 Å². The van der Waals surface area contributed by atoms with Crippen LogP contribution in [0, 0.1) is 0 Å². The number of hydrogen-bond acceptors (Lipinski definition) is 3. The third kappa shape index (κ3) is 1.27. The molecule has 0 spiro atoms. The van der Waals surface area contributed by atoms with Crippen LogP contribution in [0.3, 0.4) is 0 Å². The molecule has 0 radical (unpaired) electrons. The average Bonchev–Trinajstić information content (AvgIpc) is 2.78. The highest BCUT2D eigenvalue weighted by Gasteiger charge is 2.05. The molecular formula is C11H8N4. The van der Waals surface area contributed by atoms with E-state index in [0.717, 1.165) is 22.3 Å². The van der Waals surface area contributed by atoms with Crippen LogP contribution in [0.25, 0.3) is 22.3 Å². The molecule has 3 aromatic rings. The van der Waals surface area contributed by atoms with E-state index < -0.39 is 0 Å². The molecule has 0 fully saturated rings. The summed E-state index contributed by atoms with van der Waals surface area (Å²) >= 11 is 0. The summed E-state index contributed by atoms with van der Waals surface area (Å²) < 4.78 is 0. The van der Waals surface area contributed by atoms with Crippen molar-refractivity contribution in [3.05, 3.63) is 42.9 Å². The van der Waals surface area contributed by atoms with Gasteiger partial charge in [-0.15, -0.1) is 0 Å². The molecule has 72 valence electrons. The Balaban J connectivity index is 2.31. The van der Waals surface area contributed by atoms with E-state index in [0.29, 0.717) is 0 Å². The van der Waals surface area contributed by atoms with Crippen LogP contribution in [0.4, 0.5) is 0 Å². The van der Waals surface area contributed by atoms with Gasteiger partial charge in [-0.2, -0.15) is 5.10 Å². The molecule has 4 nitrogen and oxygen atoms in total. The Morgan fingerprint density at radius 3 is 2.73 bits per heavy atom. The summed E-state index contributed by atoms with van der Waals surface area (Å²) in [5, 5.41) is 7.98. The predicted octanol–water partition coefficient (Wildman–Crippen LogP) is 2.02. The van der Waals surface area contributed by atoms with Gasteiger partial charge in [-0.3, -0.25) is 5.10 Å². The van der Waals surface area contributed by atoms with Gasteiger partial charge >= 0.3 is 0 Å². The number of nitrogens with one attached hydrogen (secondary N) is 1. The maximum absolute atomic E-state index is 4.23. The van der Waals surface area contributed by atoms with E-state index in [2.05, 4.69) is 20.2 Å². The van der Waals surface area contributed by atoms with Gasteiger partial charge < -0.3 is 0 Å². The zero-order valence-electron chi connectivity index (χ0n) is 7.88. The largest absolute Gasteiger partial charge is 0.278 e. The first-order valence-corrected chi connectivity index (χ1v) is 4.64. The summed E-state index contributed by atoms with van der Waals surface area (Å²) in [4.78, 5) is 8.45. The van der Waals surface area contributed by atoms with Crippen LogP contribution >= 0.6 is 0 Å². The summed E-state index contributed by atoms with van der Waals surface area (Å²) in [6.07, 6.45) is 5.27. The zero-order valence-corrected chi connectivity index (χ0v) is 7.88. The summed E-state index contributed by atoms with van der Waals surface area (Å²) in [5.41, 5.74) is 2.00. The first-order chi connectivity index (χ1) is 7.45. The van der Waals surface area contributed by atoms with E-state index in [9.17, 15) is 0 Å². The lowest BCUT2D eigenvalue weighted by Gasteiger charge is -1.99. The maximum Gasteiger partial charge on any atom is 0.159 e. The molecule has 15 heavy (non-hydrogen) atoms. The summed E-state index contributed by atoms with van der Waals surface area (Å²) in [5.74, 6) is 0.726. The molecule has 3 rings (SSSR count). The second kappa shape index (κ2) is 3.16. The normalized spacial score (nSPS) is 10.7. The van der Waals surface area contributed by atoms with Gasteiger partial charge in [0.1, 0.15) is 0 Å². The first-order valence-electron chi connectivity index (χ1n) is 4.64. The van der Waals surface area contributed by atoms with E-state index in [1.807, 2.05) is 18.2 Å². The van der Waals surface area contributed by atoms with Gasteiger partial charge in [-0.1, -0.05) is 12.1 Å². The van der Waals surface area contributed by atoms with E-state index in [1.165, 1.54) is 0 Å². The fourth-order valence-electron chi connectivity index (χ4n) is 1.60. The van der Waals surface area contributed by atoms with Crippen molar-refractivity contribution in [2.24, 2.45) is 0 Å². The van der Waals surface area contributed by atoms with Gasteiger partial charge in [0.25, 0.3) is 0 Å². The third-order valence-electron chi connectivity index (χ3n) is 2.29. The van der Waals surface area contributed by atoms with Crippen molar-refractivity contribution in [1.29, 1.82) is 0 Å². The number of fused-ring (bicyclic) bond motifs is 1. The molecule has 4 heteroatoms. The Labute approximate surface area is 86.0 Å². The van der Waals surface area contributed by atoms with Gasteiger partial charge in [0.05, 0.1) is 11.7 Å². The second-order valence-electron chi connectivity index (χ2n) is 3.21. The van der Waals surface area contributed by atoms with E-state index in [4.69, 9.17) is 0 Å². The molecule has 0 atom stereocenters. The van der Waals surface area contributed by atoms with Gasteiger partial charge in [-0.05, 0) is 12.1 Å². The molecule has 0 unspecified atom stereocenters. The van der Waals surface area contributed by atoms with Crippen LogP contribution < -0.4 is 0 Å². The van der Waals surface area contributed by atoms with Crippen molar-refractivity contribution in [2.75, 3.05) is 0 Å². The molecule has 1 aromatic carbocycles. The van der Waals surface area contributed by atoms with Crippen LogP contribution in [0.5, 0.6) is 0 Å². The van der Waals surface area contributed by atoms with Gasteiger partial charge in [0.2, 0.25) is 0 Å². The molecule has 0 saturated carbocycles. The minimum atomic E-state index is 0.726. The summed E-state index contributed by atoms with van der Waals surface area (Å²) in [6, 6.07) is 7.74. The highest BCUT2D eigenvalue weighted by Crippen LogP contribution is 2.23. The molecule has 0 amide bonds. The van der Waals surface area contributed by atoms with Crippen molar-refractivity contribution >= 4 is 10.9 Å². The Hall–Kier alpha value is -2.23. The molecule has 2 aromatic heterocycles. The van der Waals surface area contributed by atoms with Crippen LogP contribution in [0.1, 0.15) is 0 Å². The lowest BCUT2D eigenvalue weighted by Crippen LogP contribution is -1.86. The van der Waals surface area contributed by atoms with Crippen molar-refractivity contribution < 1.29 is 0 Å². The lowest BCUT2D eigenvalue weighted by atomic mass is 10.1. The minimum absolute atomic E-state index is 0.726. The molecule has 2 heterocycles. The molecule has 0 bridgehead atoms. The van der Waals surface area contributed by atoms with Crippen molar-refractivity contribution in [3.63, 3.8) is 0 Å². The summed E-state index contributed by atoms with van der Waals surface area (Å²) in [6.45, 7) is 0. The fraction of sp³-hybridized carbons (Fsp3) is 0. The monoisotopic (exact) mass is 196 g/mol. The first kappa shape index (κ1) is 8.11. The smallest absolute Gasteiger partial charge is 0.159 e. The molecule has 0 aliphatic rings. The zero-order chi connectivity index (χ0) is 10.1. The second-order valence-corrected chi connectivity index (χ2v) is 3.21. The third-order valence-corrected chi connectivity index (χ3v) is 2.29. The standard InChI is InChI=1S/C11H8N4/c1-3-8(11-12-5-2-6-13-11)9-7-14-15-10(9)4-1/h1-7H,(H,14,15).